The second kappa shape index (κ2) is 5.24. The molecule has 0 unspecified atom stereocenters. The predicted octanol–water partition coefficient (Wildman–Crippen LogP) is 3.49. The molecule has 0 aliphatic carbocycles. The minimum absolute atomic E-state index is 0.279. The van der Waals surface area contributed by atoms with E-state index in [0.29, 0.717) is 11.6 Å². The lowest BCUT2D eigenvalue weighted by Crippen LogP contribution is -2.48. The Balaban J connectivity index is 1.48. The molecule has 0 spiro atoms. The van der Waals surface area contributed by atoms with Gasteiger partial charge < -0.3 is 9.47 Å². The molecule has 0 saturated carbocycles. The highest BCUT2D eigenvalue weighted by Crippen LogP contribution is 2.33. The highest BCUT2D eigenvalue weighted by atomic mass is 19.1. The first-order chi connectivity index (χ1) is 12.2. The van der Waals surface area contributed by atoms with E-state index in [4.69, 9.17) is 0 Å². The fourth-order valence-electron chi connectivity index (χ4n) is 3.69. The number of benzene rings is 2. The number of para-hydroxylation sites is 2. The van der Waals surface area contributed by atoms with Crippen molar-refractivity contribution in [2.45, 2.75) is 13.0 Å². The van der Waals surface area contributed by atoms with Crippen LogP contribution in [0.15, 0.2) is 48.8 Å². The fourth-order valence-corrected chi connectivity index (χ4v) is 3.69. The van der Waals surface area contributed by atoms with Crippen LogP contribution in [0.3, 0.4) is 0 Å². The van der Waals surface area contributed by atoms with Crippen molar-refractivity contribution >= 4 is 27.8 Å². The molecule has 25 heavy (non-hydrogen) atoms. The molecule has 5 nitrogen and oxygen atoms in total. The van der Waals surface area contributed by atoms with Crippen molar-refractivity contribution in [2.24, 2.45) is 0 Å². The van der Waals surface area contributed by atoms with E-state index in [2.05, 4.69) is 30.5 Å². The van der Waals surface area contributed by atoms with E-state index in [9.17, 15) is 4.39 Å². The Morgan fingerprint density at radius 2 is 1.88 bits per heavy atom. The third-order valence-electron chi connectivity index (χ3n) is 4.88. The van der Waals surface area contributed by atoms with Crippen LogP contribution in [0.25, 0.3) is 21.9 Å². The van der Waals surface area contributed by atoms with Crippen LogP contribution in [-0.4, -0.2) is 32.6 Å². The monoisotopic (exact) mass is 333 g/mol. The minimum Gasteiger partial charge on any atom is -0.352 e. The molecule has 0 radical (unpaired) electrons. The highest BCUT2D eigenvalue weighted by molar-refractivity contribution is 5.89. The number of hydrogen-bond donors (Lipinski definition) is 0. The number of aryl methyl sites for hydroxylation is 1. The number of fused-ring (bicyclic) bond motifs is 2. The molecule has 5 rings (SSSR count). The summed E-state index contributed by atoms with van der Waals surface area (Å²) in [6, 6.07) is 13.2. The zero-order valence-corrected chi connectivity index (χ0v) is 13.7. The quantitative estimate of drug-likeness (QED) is 0.563. The molecule has 1 aliphatic rings. The first-order valence-electron chi connectivity index (χ1n) is 8.29. The Bertz CT molecular complexity index is 1100. The number of imidazole rings is 1. The van der Waals surface area contributed by atoms with Gasteiger partial charge in [0.15, 0.2) is 0 Å². The molecular weight excluding hydrogens is 317 g/mol. The van der Waals surface area contributed by atoms with Crippen molar-refractivity contribution < 1.29 is 4.39 Å². The molecule has 6 heteroatoms. The van der Waals surface area contributed by atoms with Gasteiger partial charge in [0.1, 0.15) is 23.8 Å². The van der Waals surface area contributed by atoms with Crippen molar-refractivity contribution in [2.75, 3.05) is 18.0 Å². The largest absolute Gasteiger partial charge is 0.352 e. The molecule has 3 heterocycles. The van der Waals surface area contributed by atoms with Crippen LogP contribution in [0.2, 0.25) is 0 Å². The van der Waals surface area contributed by atoms with Crippen molar-refractivity contribution in [3.63, 3.8) is 0 Å². The molecule has 1 saturated heterocycles. The van der Waals surface area contributed by atoms with Gasteiger partial charge in [-0.25, -0.2) is 19.3 Å². The summed E-state index contributed by atoms with van der Waals surface area (Å²) in [5, 5.41) is 0.884. The molecule has 0 N–H and O–H groups in total. The van der Waals surface area contributed by atoms with Gasteiger partial charge in [-0.3, -0.25) is 0 Å². The number of nitrogens with zero attached hydrogens (tertiary/aromatic N) is 5. The van der Waals surface area contributed by atoms with Gasteiger partial charge in [-0.1, -0.05) is 12.1 Å². The number of halogens is 1. The predicted molar refractivity (Wildman–Crippen MR) is 95.2 cm³/mol. The molecule has 0 atom stereocenters. The maximum Gasteiger partial charge on any atom is 0.140 e. The van der Waals surface area contributed by atoms with Crippen LogP contribution in [0.4, 0.5) is 10.2 Å². The Morgan fingerprint density at radius 1 is 1.04 bits per heavy atom. The fraction of sp³-hybridized carbons (Fsp3) is 0.211. The second-order valence-electron chi connectivity index (χ2n) is 6.44. The normalized spacial score (nSPS) is 15.0. The van der Waals surface area contributed by atoms with Crippen LogP contribution in [-0.2, 0) is 0 Å². The average molecular weight is 333 g/mol. The lowest BCUT2D eigenvalue weighted by Gasteiger charge is -2.41. The SMILES string of the molecule is Cc1nc2ccccc2n1C1CN(c2ncnc3cc(F)ccc23)C1. The van der Waals surface area contributed by atoms with Gasteiger partial charge in [-0.15, -0.1) is 0 Å². The Labute approximate surface area is 143 Å². The summed E-state index contributed by atoms with van der Waals surface area (Å²) in [5.74, 6) is 1.61. The topological polar surface area (TPSA) is 46.8 Å². The van der Waals surface area contributed by atoms with Crippen LogP contribution in [0.1, 0.15) is 11.9 Å². The van der Waals surface area contributed by atoms with Crippen molar-refractivity contribution in [3.8, 4) is 0 Å². The van der Waals surface area contributed by atoms with Gasteiger partial charge in [0.2, 0.25) is 0 Å². The van der Waals surface area contributed by atoms with Gasteiger partial charge in [0.05, 0.1) is 22.6 Å². The van der Waals surface area contributed by atoms with Crippen molar-refractivity contribution in [3.05, 3.63) is 60.4 Å². The van der Waals surface area contributed by atoms with E-state index in [0.717, 1.165) is 35.6 Å². The maximum atomic E-state index is 13.4. The molecule has 1 aliphatic heterocycles. The molecule has 4 aromatic rings. The van der Waals surface area contributed by atoms with Gasteiger partial charge >= 0.3 is 0 Å². The summed E-state index contributed by atoms with van der Waals surface area (Å²) in [7, 11) is 0. The molecule has 124 valence electrons. The van der Waals surface area contributed by atoms with E-state index in [-0.39, 0.29) is 5.82 Å². The molecule has 1 fully saturated rings. The van der Waals surface area contributed by atoms with E-state index >= 15 is 0 Å². The summed E-state index contributed by atoms with van der Waals surface area (Å²) in [5.41, 5.74) is 2.83. The molecule has 0 bridgehead atoms. The Morgan fingerprint density at radius 3 is 2.76 bits per heavy atom. The summed E-state index contributed by atoms with van der Waals surface area (Å²) in [4.78, 5) is 15.5. The van der Waals surface area contributed by atoms with Gasteiger partial charge in [-0.05, 0) is 31.2 Å². The van der Waals surface area contributed by atoms with Gasteiger partial charge in [0.25, 0.3) is 0 Å². The lowest BCUT2D eigenvalue weighted by molar-refractivity contribution is 0.400. The molecule has 0 amide bonds. The van der Waals surface area contributed by atoms with Gasteiger partial charge in [-0.2, -0.15) is 0 Å². The minimum atomic E-state index is -0.279. The second-order valence-corrected chi connectivity index (χ2v) is 6.44. The van der Waals surface area contributed by atoms with E-state index in [1.165, 1.54) is 24.0 Å². The third-order valence-corrected chi connectivity index (χ3v) is 4.88. The van der Waals surface area contributed by atoms with Gasteiger partial charge in [0, 0.05) is 24.5 Å². The third kappa shape index (κ3) is 2.17. The zero-order valence-electron chi connectivity index (χ0n) is 13.7. The molecule has 2 aromatic heterocycles. The van der Waals surface area contributed by atoms with Crippen LogP contribution in [0.5, 0.6) is 0 Å². The van der Waals surface area contributed by atoms with Crippen LogP contribution < -0.4 is 4.90 Å². The first-order valence-corrected chi connectivity index (χ1v) is 8.29. The van der Waals surface area contributed by atoms with Crippen LogP contribution >= 0.6 is 0 Å². The zero-order chi connectivity index (χ0) is 17.0. The summed E-state index contributed by atoms with van der Waals surface area (Å²) in [6.45, 7) is 3.75. The van der Waals surface area contributed by atoms with E-state index in [1.807, 2.05) is 25.1 Å². The summed E-state index contributed by atoms with van der Waals surface area (Å²) in [6.07, 6.45) is 1.50. The molecule has 2 aromatic carbocycles. The van der Waals surface area contributed by atoms with Crippen LogP contribution in [0, 0.1) is 12.7 Å². The summed E-state index contributed by atoms with van der Waals surface area (Å²) < 4.78 is 15.7. The molecular formula is C19H16FN5. The number of anilines is 1. The van der Waals surface area contributed by atoms with E-state index < -0.39 is 0 Å². The smallest absolute Gasteiger partial charge is 0.140 e. The van der Waals surface area contributed by atoms with E-state index in [1.54, 1.807) is 6.07 Å². The number of rotatable bonds is 2. The summed E-state index contributed by atoms with van der Waals surface area (Å²) >= 11 is 0. The first kappa shape index (κ1) is 14.3. The Hall–Kier alpha value is -3.02. The average Bonchev–Trinajstić information content (AvgIpc) is 2.90. The number of hydrogen-bond acceptors (Lipinski definition) is 4. The number of aromatic nitrogens is 4. The van der Waals surface area contributed by atoms with Crippen molar-refractivity contribution in [1.29, 1.82) is 0 Å². The maximum absolute atomic E-state index is 13.4. The Kier molecular flexibility index (Phi) is 3.00. The highest BCUT2D eigenvalue weighted by Gasteiger charge is 2.32. The lowest BCUT2D eigenvalue weighted by atomic mass is 10.1. The standard InChI is InChI=1S/C19H16FN5/c1-12-23-16-4-2-3-5-18(16)25(12)14-9-24(10-14)19-15-7-6-13(20)8-17(15)21-11-22-19/h2-8,11,14H,9-10H2,1H3. The van der Waals surface area contributed by atoms with Crippen molar-refractivity contribution in [1.82, 2.24) is 19.5 Å².